The molecule has 0 aliphatic carbocycles. The molecular weight excluding hydrogens is 368 g/mol. The summed E-state index contributed by atoms with van der Waals surface area (Å²) >= 11 is 1.49. The maximum absolute atomic E-state index is 5.27. The SMILES string of the molecule is Cc1ccc(-c2nnc(SCc3cc(C)no3)nc2-c2ccc(C)cc2)cc1. The van der Waals surface area contributed by atoms with E-state index in [9.17, 15) is 0 Å². The second-order valence-corrected chi connectivity index (χ2v) is 7.69. The molecule has 0 spiro atoms. The van der Waals surface area contributed by atoms with E-state index in [1.54, 1.807) is 0 Å². The summed E-state index contributed by atoms with van der Waals surface area (Å²) < 4.78 is 5.27. The van der Waals surface area contributed by atoms with Crippen LogP contribution in [0.4, 0.5) is 0 Å². The van der Waals surface area contributed by atoms with E-state index in [0.717, 1.165) is 34.0 Å². The van der Waals surface area contributed by atoms with Crippen molar-refractivity contribution < 1.29 is 4.52 Å². The van der Waals surface area contributed by atoms with Crippen LogP contribution in [0.5, 0.6) is 0 Å². The van der Waals surface area contributed by atoms with Gasteiger partial charge in [-0.15, -0.1) is 10.2 Å². The summed E-state index contributed by atoms with van der Waals surface area (Å²) in [4.78, 5) is 4.82. The summed E-state index contributed by atoms with van der Waals surface area (Å²) in [6.07, 6.45) is 0. The molecule has 2 heterocycles. The minimum absolute atomic E-state index is 0.611. The van der Waals surface area contributed by atoms with Gasteiger partial charge in [0.15, 0.2) is 0 Å². The molecule has 140 valence electrons. The molecule has 0 aliphatic rings. The molecule has 0 radical (unpaired) electrons. The van der Waals surface area contributed by atoms with Gasteiger partial charge in [-0.25, -0.2) is 4.98 Å². The molecule has 28 heavy (non-hydrogen) atoms. The third-order valence-corrected chi connectivity index (χ3v) is 5.20. The Morgan fingerprint density at radius 2 is 1.39 bits per heavy atom. The van der Waals surface area contributed by atoms with Gasteiger partial charge in [0.25, 0.3) is 0 Å². The minimum Gasteiger partial charge on any atom is -0.360 e. The van der Waals surface area contributed by atoms with E-state index in [2.05, 4.69) is 77.7 Å². The van der Waals surface area contributed by atoms with Crippen LogP contribution in [0, 0.1) is 20.8 Å². The van der Waals surface area contributed by atoms with Crippen molar-refractivity contribution in [3.63, 3.8) is 0 Å². The van der Waals surface area contributed by atoms with Gasteiger partial charge in [0.2, 0.25) is 5.16 Å². The van der Waals surface area contributed by atoms with E-state index in [0.29, 0.717) is 10.9 Å². The Morgan fingerprint density at radius 1 is 0.786 bits per heavy atom. The Bertz CT molecular complexity index is 1090. The molecule has 6 heteroatoms. The van der Waals surface area contributed by atoms with Crippen molar-refractivity contribution in [3.8, 4) is 22.5 Å². The van der Waals surface area contributed by atoms with Crippen LogP contribution in [0.1, 0.15) is 22.6 Å². The summed E-state index contributed by atoms with van der Waals surface area (Å²) in [6, 6.07) is 18.5. The van der Waals surface area contributed by atoms with Crippen LogP contribution in [0.15, 0.2) is 64.3 Å². The van der Waals surface area contributed by atoms with Crippen molar-refractivity contribution in [2.75, 3.05) is 0 Å². The number of hydrogen-bond donors (Lipinski definition) is 0. The molecule has 0 bridgehead atoms. The largest absolute Gasteiger partial charge is 0.360 e. The molecule has 5 nitrogen and oxygen atoms in total. The fourth-order valence-electron chi connectivity index (χ4n) is 2.81. The topological polar surface area (TPSA) is 64.7 Å². The molecule has 0 unspecified atom stereocenters. The van der Waals surface area contributed by atoms with E-state index in [4.69, 9.17) is 9.51 Å². The molecule has 0 saturated heterocycles. The van der Waals surface area contributed by atoms with Crippen LogP contribution in [0.2, 0.25) is 0 Å². The highest BCUT2D eigenvalue weighted by molar-refractivity contribution is 7.98. The van der Waals surface area contributed by atoms with Gasteiger partial charge in [0.1, 0.15) is 17.1 Å². The van der Waals surface area contributed by atoms with Crippen LogP contribution in [-0.2, 0) is 5.75 Å². The highest BCUT2D eigenvalue weighted by Gasteiger charge is 2.14. The molecule has 0 aliphatic heterocycles. The maximum atomic E-state index is 5.27. The number of hydrogen-bond acceptors (Lipinski definition) is 6. The second kappa shape index (κ2) is 7.94. The van der Waals surface area contributed by atoms with Gasteiger partial charge in [-0.05, 0) is 20.8 Å². The quantitative estimate of drug-likeness (QED) is 0.426. The van der Waals surface area contributed by atoms with Crippen LogP contribution < -0.4 is 0 Å². The average Bonchev–Trinajstić information content (AvgIpc) is 3.13. The van der Waals surface area contributed by atoms with Crippen molar-refractivity contribution >= 4 is 11.8 Å². The molecule has 4 aromatic rings. The maximum Gasteiger partial charge on any atom is 0.210 e. The number of aryl methyl sites for hydroxylation is 3. The third kappa shape index (κ3) is 4.12. The van der Waals surface area contributed by atoms with E-state index >= 15 is 0 Å². The summed E-state index contributed by atoms with van der Waals surface area (Å²) in [5.74, 6) is 1.41. The van der Waals surface area contributed by atoms with E-state index in [-0.39, 0.29) is 0 Å². The van der Waals surface area contributed by atoms with Crippen LogP contribution in [0.25, 0.3) is 22.5 Å². The monoisotopic (exact) mass is 388 g/mol. The van der Waals surface area contributed by atoms with E-state index in [1.807, 2.05) is 13.0 Å². The Morgan fingerprint density at radius 3 is 1.96 bits per heavy atom. The normalized spacial score (nSPS) is 11.0. The van der Waals surface area contributed by atoms with E-state index in [1.165, 1.54) is 22.9 Å². The van der Waals surface area contributed by atoms with E-state index < -0.39 is 0 Å². The van der Waals surface area contributed by atoms with Gasteiger partial charge < -0.3 is 4.52 Å². The highest BCUT2D eigenvalue weighted by atomic mass is 32.2. The Labute approximate surface area is 168 Å². The molecule has 0 atom stereocenters. The summed E-state index contributed by atoms with van der Waals surface area (Å²) in [6.45, 7) is 6.05. The summed E-state index contributed by atoms with van der Waals surface area (Å²) in [5.41, 5.74) is 6.91. The lowest BCUT2D eigenvalue weighted by atomic mass is 10.0. The van der Waals surface area contributed by atoms with Gasteiger partial charge in [-0.2, -0.15) is 0 Å². The first-order valence-corrected chi connectivity index (χ1v) is 10.0. The Hall–Kier alpha value is -2.99. The number of rotatable bonds is 5. The molecule has 0 N–H and O–H groups in total. The standard InChI is InChI=1S/C22H20N4OS/c1-14-4-8-17(9-5-14)20-21(18-10-6-15(2)7-11-18)24-25-22(23-20)28-13-19-12-16(3)26-27-19/h4-12H,13H2,1-3H3. The number of nitrogens with zero attached hydrogens (tertiary/aromatic N) is 4. The molecule has 2 aromatic carbocycles. The van der Waals surface area contributed by atoms with Gasteiger partial charge in [0.05, 0.1) is 11.4 Å². The van der Waals surface area contributed by atoms with Crippen molar-refractivity contribution in [1.29, 1.82) is 0 Å². The predicted octanol–water partition coefficient (Wildman–Crippen LogP) is 5.41. The first-order valence-electron chi connectivity index (χ1n) is 9.02. The lowest BCUT2D eigenvalue weighted by molar-refractivity contribution is 0.391. The van der Waals surface area contributed by atoms with Gasteiger partial charge in [-0.1, -0.05) is 76.6 Å². The lowest BCUT2D eigenvalue weighted by Gasteiger charge is -2.10. The van der Waals surface area contributed by atoms with Crippen LogP contribution in [0.3, 0.4) is 0 Å². The molecular formula is C22H20N4OS. The number of benzene rings is 2. The average molecular weight is 388 g/mol. The molecule has 2 aromatic heterocycles. The number of aromatic nitrogens is 4. The molecule has 0 saturated carbocycles. The van der Waals surface area contributed by atoms with Gasteiger partial charge in [-0.3, -0.25) is 0 Å². The first-order chi connectivity index (χ1) is 13.6. The second-order valence-electron chi connectivity index (χ2n) is 6.75. The third-order valence-electron chi connectivity index (χ3n) is 4.34. The van der Waals surface area contributed by atoms with Crippen molar-refractivity contribution in [2.45, 2.75) is 31.7 Å². The smallest absolute Gasteiger partial charge is 0.210 e. The van der Waals surface area contributed by atoms with Gasteiger partial charge >= 0.3 is 0 Å². The van der Waals surface area contributed by atoms with Crippen LogP contribution >= 0.6 is 11.8 Å². The van der Waals surface area contributed by atoms with Gasteiger partial charge in [0, 0.05) is 17.2 Å². The molecule has 4 rings (SSSR count). The molecule has 0 amide bonds. The minimum atomic E-state index is 0.611. The fourth-order valence-corrected chi connectivity index (χ4v) is 3.47. The zero-order chi connectivity index (χ0) is 19.5. The fraction of sp³-hybridized carbons (Fsp3) is 0.182. The Kier molecular flexibility index (Phi) is 5.21. The lowest BCUT2D eigenvalue weighted by Crippen LogP contribution is -1.99. The zero-order valence-corrected chi connectivity index (χ0v) is 16.8. The zero-order valence-electron chi connectivity index (χ0n) is 16.0. The predicted molar refractivity (Wildman–Crippen MR) is 111 cm³/mol. The Balaban J connectivity index is 1.71. The van der Waals surface area contributed by atoms with Crippen molar-refractivity contribution in [2.24, 2.45) is 0 Å². The molecule has 0 fully saturated rings. The van der Waals surface area contributed by atoms with Crippen molar-refractivity contribution in [1.82, 2.24) is 20.3 Å². The number of thioether (sulfide) groups is 1. The highest BCUT2D eigenvalue weighted by Crippen LogP contribution is 2.31. The van der Waals surface area contributed by atoms with Crippen LogP contribution in [-0.4, -0.2) is 20.3 Å². The van der Waals surface area contributed by atoms with Crippen molar-refractivity contribution in [3.05, 3.63) is 77.2 Å². The summed E-state index contributed by atoms with van der Waals surface area (Å²) in [5, 5.41) is 13.4. The summed E-state index contributed by atoms with van der Waals surface area (Å²) in [7, 11) is 0. The first kappa shape index (κ1) is 18.4.